The Morgan fingerprint density at radius 1 is 1.05 bits per heavy atom. The summed E-state index contributed by atoms with van der Waals surface area (Å²) in [7, 11) is 0. The molecule has 0 saturated carbocycles. The van der Waals surface area contributed by atoms with Crippen LogP contribution in [0, 0.1) is 5.82 Å². The number of halogens is 1. The van der Waals surface area contributed by atoms with Gasteiger partial charge in [-0.05, 0) is 30.3 Å². The fourth-order valence-electron chi connectivity index (χ4n) is 2.43. The maximum atomic E-state index is 12.8. The van der Waals surface area contributed by atoms with Gasteiger partial charge in [-0.25, -0.2) is 4.39 Å². The number of benzene rings is 2. The minimum atomic E-state index is -0.272. The molecule has 0 amide bonds. The van der Waals surface area contributed by atoms with E-state index in [2.05, 4.69) is 4.57 Å². The van der Waals surface area contributed by atoms with Gasteiger partial charge in [0, 0.05) is 22.7 Å². The second kappa shape index (κ2) is 5.97. The van der Waals surface area contributed by atoms with Gasteiger partial charge in [-0.2, -0.15) is 0 Å². The lowest BCUT2D eigenvalue weighted by Crippen LogP contribution is -2.07. The molecule has 108 valence electrons. The van der Waals surface area contributed by atoms with Crippen molar-refractivity contribution in [2.24, 2.45) is 0 Å². The van der Waals surface area contributed by atoms with Crippen LogP contribution in [-0.2, 0) is 13.2 Å². The van der Waals surface area contributed by atoms with Crippen LogP contribution in [0.1, 0.15) is 5.56 Å². The second-order valence-corrected chi connectivity index (χ2v) is 4.83. The van der Waals surface area contributed by atoms with E-state index >= 15 is 0 Å². The van der Waals surface area contributed by atoms with Crippen molar-refractivity contribution in [3.63, 3.8) is 0 Å². The third-order valence-corrected chi connectivity index (χ3v) is 3.46. The number of hydrogen-bond donors (Lipinski definition) is 1. The van der Waals surface area contributed by atoms with Gasteiger partial charge in [-0.1, -0.05) is 18.2 Å². The SMILES string of the molecule is OCc1cn(CCOc2ccc(F)cc2)c2ccccc12. The average molecular weight is 285 g/mol. The summed E-state index contributed by atoms with van der Waals surface area (Å²) in [6.07, 6.45) is 1.94. The lowest BCUT2D eigenvalue weighted by Gasteiger charge is -2.08. The molecular formula is C17H16FNO2. The van der Waals surface area contributed by atoms with E-state index in [9.17, 15) is 9.50 Å². The molecule has 0 fully saturated rings. The molecule has 0 radical (unpaired) electrons. The zero-order chi connectivity index (χ0) is 14.7. The summed E-state index contributed by atoms with van der Waals surface area (Å²) in [4.78, 5) is 0. The van der Waals surface area contributed by atoms with Crippen molar-refractivity contribution >= 4 is 10.9 Å². The minimum absolute atomic E-state index is 0.0202. The Hall–Kier alpha value is -2.33. The molecule has 4 heteroatoms. The van der Waals surface area contributed by atoms with Crippen LogP contribution in [0.15, 0.2) is 54.7 Å². The number of aromatic nitrogens is 1. The largest absolute Gasteiger partial charge is 0.492 e. The fourth-order valence-corrected chi connectivity index (χ4v) is 2.43. The van der Waals surface area contributed by atoms with Gasteiger partial charge < -0.3 is 14.4 Å². The number of nitrogens with zero attached hydrogens (tertiary/aromatic N) is 1. The van der Waals surface area contributed by atoms with Crippen molar-refractivity contribution in [2.75, 3.05) is 6.61 Å². The molecule has 0 unspecified atom stereocenters. The molecule has 0 aliphatic rings. The average Bonchev–Trinajstić information content (AvgIpc) is 2.88. The Morgan fingerprint density at radius 2 is 1.81 bits per heavy atom. The first kappa shape index (κ1) is 13.6. The number of rotatable bonds is 5. The Kier molecular flexibility index (Phi) is 3.88. The molecule has 0 aliphatic heterocycles. The highest BCUT2D eigenvalue weighted by molar-refractivity contribution is 5.83. The summed E-state index contributed by atoms with van der Waals surface area (Å²) < 4.78 is 20.5. The molecule has 3 aromatic rings. The first-order chi connectivity index (χ1) is 10.3. The van der Waals surface area contributed by atoms with Crippen LogP contribution in [-0.4, -0.2) is 16.3 Å². The molecule has 1 aromatic heterocycles. The van der Waals surface area contributed by atoms with Crippen LogP contribution in [0.2, 0.25) is 0 Å². The fraction of sp³-hybridized carbons (Fsp3) is 0.176. The molecule has 0 saturated heterocycles. The van der Waals surface area contributed by atoms with Crippen LogP contribution in [0.3, 0.4) is 0 Å². The minimum Gasteiger partial charge on any atom is -0.492 e. The maximum Gasteiger partial charge on any atom is 0.123 e. The van der Waals surface area contributed by atoms with E-state index < -0.39 is 0 Å². The van der Waals surface area contributed by atoms with Gasteiger partial charge in [-0.3, -0.25) is 0 Å². The highest BCUT2D eigenvalue weighted by atomic mass is 19.1. The zero-order valence-corrected chi connectivity index (χ0v) is 11.5. The molecule has 0 aliphatic carbocycles. The van der Waals surface area contributed by atoms with Gasteiger partial charge in [0.2, 0.25) is 0 Å². The summed E-state index contributed by atoms with van der Waals surface area (Å²) in [5, 5.41) is 10.5. The Balaban J connectivity index is 1.72. The number of hydrogen-bond acceptors (Lipinski definition) is 2. The first-order valence-electron chi connectivity index (χ1n) is 6.84. The van der Waals surface area contributed by atoms with Gasteiger partial charge in [-0.15, -0.1) is 0 Å². The summed E-state index contributed by atoms with van der Waals surface area (Å²) >= 11 is 0. The number of aliphatic hydroxyl groups excluding tert-OH is 1. The highest BCUT2D eigenvalue weighted by Crippen LogP contribution is 2.21. The quantitative estimate of drug-likeness (QED) is 0.780. The number of fused-ring (bicyclic) bond motifs is 1. The summed E-state index contributed by atoms with van der Waals surface area (Å²) in [6.45, 7) is 1.17. The lowest BCUT2D eigenvalue weighted by molar-refractivity contribution is 0.281. The van der Waals surface area contributed by atoms with Crippen LogP contribution < -0.4 is 4.74 Å². The summed E-state index contributed by atoms with van der Waals surface area (Å²) in [6, 6.07) is 13.9. The predicted octanol–water partition coefficient (Wildman–Crippen LogP) is 3.35. The summed E-state index contributed by atoms with van der Waals surface area (Å²) in [5.41, 5.74) is 1.98. The number of para-hydroxylation sites is 1. The molecule has 3 nitrogen and oxygen atoms in total. The van der Waals surface area contributed by atoms with E-state index in [1.807, 2.05) is 30.5 Å². The van der Waals surface area contributed by atoms with E-state index in [0.717, 1.165) is 16.5 Å². The standard InChI is InChI=1S/C17H16FNO2/c18-14-5-7-15(8-6-14)21-10-9-19-11-13(12-20)16-3-1-2-4-17(16)19/h1-8,11,20H,9-10,12H2. The van der Waals surface area contributed by atoms with Crippen LogP contribution in [0.4, 0.5) is 4.39 Å². The van der Waals surface area contributed by atoms with Crippen molar-refractivity contribution in [2.45, 2.75) is 13.2 Å². The van der Waals surface area contributed by atoms with Crippen molar-refractivity contribution in [3.8, 4) is 5.75 Å². The van der Waals surface area contributed by atoms with Crippen LogP contribution in [0.25, 0.3) is 10.9 Å². The summed E-state index contributed by atoms with van der Waals surface area (Å²) in [5.74, 6) is 0.376. The zero-order valence-electron chi connectivity index (χ0n) is 11.5. The van der Waals surface area contributed by atoms with Gasteiger partial charge >= 0.3 is 0 Å². The highest BCUT2D eigenvalue weighted by Gasteiger charge is 2.07. The third-order valence-electron chi connectivity index (χ3n) is 3.46. The van der Waals surface area contributed by atoms with Crippen molar-refractivity contribution in [3.05, 3.63) is 66.1 Å². The topological polar surface area (TPSA) is 34.4 Å². The van der Waals surface area contributed by atoms with Gasteiger partial charge in [0.25, 0.3) is 0 Å². The Labute approximate surface area is 122 Å². The van der Waals surface area contributed by atoms with E-state index in [1.165, 1.54) is 12.1 Å². The predicted molar refractivity (Wildman–Crippen MR) is 79.8 cm³/mol. The normalized spacial score (nSPS) is 11.0. The van der Waals surface area contributed by atoms with E-state index in [1.54, 1.807) is 12.1 Å². The molecule has 0 spiro atoms. The molecular weight excluding hydrogens is 269 g/mol. The number of aliphatic hydroxyl groups is 1. The molecule has 2 aromatic carbocycles. The Morgan fingerprint density at radius 3 is 2.57 bits per heavy atom. The van der Waals surface area contributed by atoms with Gasteiger partial charge in [0.15, 0.2) is 0 Å². The molecule has 1 heterocycles. The van der Waals surface area contributed by atoms with Gasteiger partial charge in [0.1, 0.15) is 18.2 Å². The molecule has 0 atom stereocenters. The molecule has 1 N–H and O–H groups in total. The van der Waals surface area contributed by atoms with Crippen molar-refractivity contribution in [1.82, 2.24) is 4.57 Å². The van der Waals surface area contributed by atoms with Crippen LogP contribution in [0.5, 0.6) is 5.75 Å². The van der Waals surface area contributed by atoms with E-state index in [0.29, 0.717) is 18.9 Å². The second-order valence-electron chi connectivity index (χ2n) is 4.83. The number of ether oxygens (including phenoxy) is 1. The molecule has 21 heavy (non-hydrogen) atoms. The van der Waals surface area contributed by atoms with E-state index in [-0.39, 0.29) is 12.4 Å². The third kappa shape index (κ3) is 2.90. The monoisotopic (exact) mass is 285 g/mol. The van der Waals surface area contributed by atoms with E-state index in [4.69, 9.17) is 4.74 Å². The van der Waals surface area contributed by atoms with Crippen molar-refractivity contribution in [1.29, 1.82) is 0 Å². The molecule has 3 rings (SSSR count). The maximum absolute atomic E-state index is 12.8. The smallest absolute Gasteiger partial charge is 0.123 e. The van der Waals surface area contributed by atoms with Gasteiger partial charge in [0.05, 0.1) is 13.2 Å². The molecule has 0 bridgehead atoms. The van der Waals surface area contributed by atoms with Crippen LogP contribution >= 0.6 is 0 Å². The lowest BCUT2D eigenvalue weighted by atomic mass is 10.2. The Bertz CT molecular complexity index is 734. The first-order valence-corrected chi connectivity index (χ1v) is 6.84. The van der Waals surface area contributed by atoms with Crippen molar-refractivity contribution < 1.29 is 14.2 Å².